The van der Waals surface area contributed by atoms with Gasteiger partial charge >= 0.3 is 0 Å². The molecule has 0 unspecified atom stereocenters. The monoisotopic (exact) mass is 236 g/mol. The third kappa shape index (κ3) is 2.28. The average molecular weight is 236 g/mol. The first-order valence-corrected chi connectivity index (χ1v) is 5.94. The highest BCUT2D eigenvalue weighted by Crippen LogP contribution is 2.25. The SMILES string of the molecule is CNCc1csc(-c2ccc(C)c(F)c2)n1. The highest BCUT2D eigenvalue weighted by Gasteiger charge is 2.06. The summed E-state index contributed by atoms with van der Waals surface area (Å²) in [6.07, 6.45) is 0. The van der Waals surface area contributed by atoms with E-state index < -0.39 is 0 Å². The third-order valence-corrected chi connectivity index (χ3v) is 3.27. The van der Waals surface area contributed by atoms with Crippen LogP contribution in [0.3, 0.4) is 0 Å². The Kier molecular flexibility index (Phi) is 3.31. The van der Waals surface area contributed by atoms with Gasteiger partial charge in [-0.05, 0) is 25.6 Å². The van der Waals surface area contributed by atoms with Crippen LogP contribution in [0, 0.1) is 12.7 Å². The van der Waals surface area contributed by atoms with Crippen molar-refractivity contribution in [2.75, 3.05) is 7.05 Å². The predicted molar refractivity (Wildman–Crippen MR) is 65.0 cm³/mol. The van der Waals surface area contributed by atoms with Crippen molar-refractivity contribution in [1.29, 1.82) is 0 Å². The lowest BCUT2D eigenvalue weighted by Crippen LogP contribution is -2.04. The van der Waals surface area contributed by atoms with Crippen LogP contribution in [0.15, 0.2) is 23.6 Å². The summed E-state index contributed by atoms with van der Waals surface area (Å²) in [6, 6.07) is 5.22. The van der Waals surface area contributed by atoms with Crippen molar-refractivity contribution < 1.29 is 4.39 Å². The molecule has 4 heteroatoms. The van der Waals surface area contributed by atoms with Gasteiger partial charge in [0.05, 0.1) is 5.69 Å². The fourth-order valence-electron chi connectivity index (χ4n) is 1.43. The molecule has 2 aromatic rings. The molecule has 2 rings (SSSR count). The van der Waals surface area contributed by atoms with Gasteiger partial charge in [0.1, 0.15) is 10.8 Å². The molecule has 0 saturated carbocycles. The molecule has 0 aliphatic heterocycles. The summed E-state index contributed by atoms with van der Waals surface area (Å²) < 4.78 is 13.4. The third-order valence-electron chi connectivity index (χ3n) is 2.33. The lowest BCUT2D eigenvalue weighted by Gasteiger charge is -1.99. The summed E-state index contributed by atoms with van der Waals surface area (Å²) >= 11 is 1.54. The summed E-state index contributed by atoms with van der Waals surface area (Å²) in [5.74, 6) is -0.178. The number of nitrogens with one attached hydrogen (secondary N) is 1. The van der Waals surface area contributed by atoms with E-state index in [1.807, 2.05) is 18.5 Å². The molecule has 0 fully saturated rings. The first kappa shape index (κ1) is 11.2. The van der Waals surface area contributed by atoms with Gasteiger partial charge in [0.15, 0.2) is 0 Å². The summed E-state index contributed by atoms with van der Waals surface area (Å²) in [6.45, 7) is 2.50. The lowest BCUT2D eigenvalue weighted by molar-refractivity contribution is 0.619. The van der Waals surface area contributed by atoms with Crippen molar-refractivity contribution in [1.82, 2.24) is 10.3 Å². The molecule has 0 spiro atoms. The van der Waals surface area contributed by atoms with E-state index in [0.717, 1.165) is 22.8 Å². The van der Waals surface area contributed by atoms with Crippen LogP contribution in [0.25, 0.3) is 10.6 Å². The van der Waals surface area contributed by atoms with E-state index in [9.17, 15) is 4.39 Å². The van der Waals surface area contributed by atoms with Gasteiger partial charge in [-0.1, -0.05) is 12.1 Å². The van der Waals surface area contributed by atoms with Crippen molar-refractivity contribution in [2.24, 2.45) is 0 Å². The number of hydrogen-bond acceptors (Lipinski definition) is 3. The fourth-order valence-corrected chi connectivity index (χ4v) is 2.24. The minimum Gasteiger partial charge on any atom is -0.314 e. The zero-order valence-corrected chi connectivity index (χ0v) is 10.1. The Bertz CT molecular complexity index is 494. The Morgan fingerprint density at radius 3 is 2.94 bits per heavy atom. The van der Waals surface area contributed by atoms with Crippen molar-refractivity contribution in [3.05, 3.63) is 40.7 Å². The van der Waals surface area contributed by atoms with Crippen molar-refractivity contribution in [2.45, 2.75) is 13.5 Å². The standard InChI is InChI=1S/C12H13FN2S/c1-8-3-4-9(5-11(8)13)12-15-10(6-14-2)7-16-12/h3-5,7,14H,6H2,1-2H3. The van der Waals surface area contributed by atoms with Gasteiger partial charge in [-0.2, -0.15) is 0 Å². The molecule has 2 nitrogen and oxygen atoms in total. The number of nitrogens with zero attached hydrogens (tertiary/aromatic N) is 1. The topological polar surface area (TPSA) is 24.9 Å². The maximum absolute atomic E-state index is 13.4. The van der Waals surface area contributed by atoms with Crippen LogP contribution in [0.2, 0.25) is 0 Å². The van der Waals surface area contributed by atoms with E-state index in [0.29, 0.717) is 5.56 Å². The van der Waals surface area contributed by atoms with E-state index in [4.69, 9.17) is 0 Å². The first-order chi connectivity index (χ1) is 7.70. The average Bonchev–Trinajstić information content (AvgIpc) is 2.71. The van der Waals surface area contributed by atoms with Crippen molar-refractivity contribution >= 4 is 11.3 Å². The van der Waals surface area contributed by atoms with Crippen LogP contribution < -0.4 is 5.32 Å². The molecule has 0 atom stereocenters. The summed E-state index contributed by atoms with van der Waals surface area (Å²) in [5, 5.41) is 5.89. The smallest absolute Gasteiger partial charge is 0.126 e. The van der Waals surface area contributed by atoms with Crippen LogP contribution >= 0.6 is 11.3 Å². The highest BCUT2D eigenvalue weighted by atomic mass is 32.1. The summed E-state index contributed by atoms with van der Waals surface area (Å²) in [5.41, 5.74) is 2.50. The molecule has 0 amide bonds. The largest absolute Gasteiger partial charge is 0.314 e. The number of benzene rings is 1. The van der Waals surface area contributed by atoms with Gasteiger partial charge in [0, 0.05) is 17.5 Å². The fraction of sp³-hybridized carbons (Fsp3) is 0.250. The number of aryl methyl sites for hydroxylation is 1. The lowest BCUT2D eigenvalue weighted by atomic mass is 10.1. The highest BCUT2D eigenvalue weighted by molar-refractivity contribution is 7.13. The van der Waals surface area contributed by atoms with Crippen LogP contribution in [-0.2, 0) is 6.54 Å². The molecule has 16 heavy (non-hydrogen) atoms. The Balaban J connectivity index is 2.31. The van der Waals surface area contributed by atoms with Crippen LogP contribution in [0.1, 0.15) is 11.3 Å². The second-order valence-electron chi connectivity index (χ2n) is 3.64. The summed E-state index contributed by atoms with van der Waals surface area (Å²) in [7, 11) is 1.88. The van der Waals surface area contributed by atoms with E-state index >= 15 is 0 Å². The van der Waals surface area contributed by atoms with Crippen molar-refractivity contribution in [3.8, 4) is 10.6 Å². The quantitative estimate of drug-likeness (QED) is 0.886. The van der Waals surface area contributed by atoms with E-state index in [1.54, 1.807) is 13.0 Å². The number of rotatable bonds is 3. The summed E-state index contributed by atoms with van der Waals surface area (Å²) in [4.78, 5) is 4.43. The molecule has 0 saturated heterocycles. The minimum absolute atomic E-state index is 0.178. The molecule has 1 aromatic heterocycles. The van der Waals surface area contributed by atoms with Crippen molar-refractivity contribution in [3.63, 3.8) is 0 Å². The van der Waals surface area contributed by atoms with Gasteiger partial charge < -0.3 is 5.32 Å². The molecule has 1 aromatic carbocycles. The first-order valence-electron chi connectivity index (χ1n) is 5.06. The van der Waals surface area contributed by atoms with Gasteiger partial charge in [-0.15, -0.1) is 11.3 Å². The molecule has 1 heterocycles. The number of thiazole rings is 1. The zero-order valence-electron chi connectivity index (χ0n) is 9.25. The van der Waals surface area contributed by atoms with Gasteiger partial charge in [-0.3, -0.25) is 0 Å². The molecule has 1 N–H and O–H groups in total. The molecular weight excluding hydrogens is 223 g/mol. The second kappa shape index (κ2) is 4.72. The Labute approximate surface area is 98.2 Å². The number of hydrogen-bond donors (Lipinski definition) is 1. The van der Waals surface area contributed by atoms with E-state index in [-0.39, 0.29) is 5.82 Å². The van der Waals surface area contributed by atoms with Crippen LogP contribution in [-0.4, -0.2) is 12.0 Å². The molecule has 84 valence electrons. The minimum atomic E-state index is -0.178. The molecule has 0 aliphatic rings. The number of aromatic nitrogens is 1. The number of halogens is 1. The Morgan fingerprint density at radius 2 is 2.25 bits per heavy atom. The van der Waals surface area contributed by atoms with E-state index in [2.05, 4.69) is 10.3 Å². The molecule has 0 bridgehead atoms. The maximum atomic E-state index is 13.4. The normalized spacial score (nSPS) is 10.7. The van der Waals surface area contributed by atoms with Gasteiger partial charge in [0.2, 0.25) is 0 Å². The molecule has 0 radical (unpaired) electrons. The van der Waals surface area contributed by atoms with Crippen LogP contribution in [0.5, 0.6) is 0 Å². The molecule has 0 aliphatic carbocycles. The Hall–Kier alpha value is -1.26. The predicted octanol–water partition coefficient (Wildman–Crippen LogP) is 2.98. The zero-order chi connectivity index (χ0) is 11.5. The van der Waals surface area contributed by atoms with E-state index in [1.165, 1.54) is 17.4 Å². The van der Waals surface area contributed by atoms with Gasteiger partial charge in [-0.25, -0.2) is 9.37 Å². The van der Waals surface area contributed by atoms with Crippen LogP contribution in [0.4, 0.5) is 4.39 Å². The van der Waals surface area contributed by atoms with Gasteiger partial charge in [0.25, 0.3) is 0 Å². The second-order valence-corrected chi connectivity index (χ2v) is 4.50. The molecular formula is C12H13FN2S. The Morgan fingerprint density at radius 1 is 1.44 bits per heavy atom. The maximum Gasteiger partial charge on any atom is 0.126 e.